The molecule has 118 valence electrons. The topological polar surface area (TPSA) is 41.1 Å². The van der Waals surface area contributed by atoms with Gasteiger partial charge in [0.1, 0.15) is 5.82 Å². The van der Waals surface area contributed by atoms with Crippen molar-refractivity contribution in [1.82, 2.24) is 9.97 Å². The summed E-state index contributed by atoms with van der Waals surface area (Å²) in [5.74, 6) is 2.54. The summed E-state index contributed by atoms with van der Waals surface area (Å²) >= 11 is 0. The lowest BCUT2D eigenvalue weighted by molar-refractivity contribution is 0.530. The molecular formula is C17H30N4. The molecule has 2 rings (SSSR count). The summed E-state index contributed by atoms with van der Waals surface area (Å²) in [5, 5.41) is 3.31. The van der Waals surface area contributed by atoms with Gasteiger partial charge in [-0.1, -0.05) is 33.6 Å². The van der Waals surface area contributed by atoms with Crippen molar-refractivity contribution in [3.05, 3.63) is 11.8 Å². The van der Waals surface area contributed by atoms with Crippen LogP contribution in [0.15, 0.2) is 6.20 Å². The van der Waals surface area contributed by atoms with Crippen LogP contribution < -0.4 is 10.2 Å². The fourth-order valence-electron chi connectivity index (χ4n) is 3.06. The van der Waals surface area contributed by atoms with Crippen molar-refractivity contribution in [3.63, 3.8) is 0 Å². The average Bonchev–Trinajstić information content (AvgIpc) is 2.98. The summed E-state index contributed by atoms with van der Waals surface area (Å²) in [6.07, 6.45) is 8.35. The Balaban J connectivity index is 2.24. The molecule has 0 unspecified atom stereocenters. The molecule has 21 heavy (non-hydrogen) atoms. The molecule has 4 nitrogen and oxygen atoms in total. The van der Waals surface area contributed by atoms with Crippen molar-refractivity contribution in [2.24, 2.45) is 5.92 Å². The largest absolute Gasteiger partial charge is 0.354 e. The molecule has 0 spiro atoms. The first-order valence-corrected chi connectivity index (χ1v) is 8.46. The highest BCUT2D eigenvalue weighted by atomic mass is 15.2. The van der Waals surface area contributed by atoms with E-state index >= 15 is 0 Å². The van der Waals surface area contributed by atoms with Crippen LogP contribution in [-0.4, -0.2) is 29.1 Å². The van der Waals surface area contributed by atoms with Crippen LogP contribution in [0.25, 0.3) is 0 Å². The van der Waals surface area contributed by atoms with E-state index in [1.807, 2.05) is 6.20 Å². The second-order valence-electron chi connectivity index (χ2n) is 6.61. The third-order valence-electron chi connectivity index (χ3n) is 4.08. The fraction of sp³-hybridized carbons (Fsp3) is 0.765. The van der Waals surface area contributed by atoms with Crippen molar-refractivity contribution in [2.75, 3.05) is 23.3 Å². The summed E-state index contributed by atoms with van der Waals surface area (Å²) in [6, 6.07) is 0.653. The Kier molecular flexibility index (Phi) is 5.83. The molecule has 0 atom stereocenters. The molecule has 0 bridgehead atoms. The lowest BCUT2D eigenvalue weighted by Gasteiger charge is -2.33. The SMILES string of the molecule is CCCNc1ncc(C)c(N(CC(C)C)C2CCCC2)n1. The normalized spacial score (nSPS) is 15.7. The zero-order chi connectivity index (χ0) is 15.2. The molecular weight excluding hydrogens is 260 g/mol. The highest BCUT2D eigenvalue weighted by molar-refractivity contribution is 5.50. The van der Waals surface area contributed by atoms with Gasteiger partial charge in [-0.05, 0) is 32.1 Å². The lowest BCUT2D eigenvalue weighted by Crippen LogP contribution is -2.37. The molecule has 1 aromatic heterocycles. The molecule has 0 saturated heterocycles. The predicted octanol–water partition coefficient (Wildman–Crippen LogP) is 4.01. The minimum Gasteiger partial charge on any atom is -0.354 e. The molecule has 0 aromatic carbocycles. The van der Waals surface area contributed by atoms with Crippen molar-refractivity contribution >= 4 is 11.8 Å². The Labute approximate surface area is 129 Å². The van der Waals surface area contributed by atoms with Crippen LogP contribution in [0.5, 0.6) is 0 Å². The van der Waals surface area contributed by atoms with E-state index in [1.165, 1.54) is 31.2 Å². The number of hydrogen-bond donors (Lipinski definition) is 1. The molecule has 0 aliphatic heterocycles. The third-order valence-corrected chi connectivity index (χ3v) is 4.08. The maximum absolute atomic E-state index is 4.81. The number of aryl methyl sites for hydroxylation is 1. The molecule has 0 radical (unpaired) electrons. The van der Waals surface area contributed by atoms with Crippen molar-refractivity contribution in [1.29, 1.82) is 0 Å². The standard InChI is InChI=1S/C17H30N4/c1-5-10-18-17-19-11-14(4)16(20-17)21(12-13(2)3)15-8-6-7-9-15/h11,13,15H,5-10,12H2,1-4H3,(H,18,19,20). The smallest absolute Gasteiger partial charge is 0.224 e. The zero-order valence-electron chi connectivity index (χ0n) is 14.0. The first-order valence-electron chi connectivity index (χ1n) is 8.46. The molecule has 1 aliphatic rings. The van der Waals surface area contributed by atoms with E-state index in [0.717, 1.165) is 31.3 Å². The summed E-state index contributed by atoms with van der Waals surface area (Å²) in [4.78, 5) is 11.8. The quantitative estimate of drug-likeness (QED) is 0.823. The molecule has 0 amide bonds. The maximum atomic E-state index is 4.81. The van der Waals surface area contributed by atoms with Gasteiger partial charge in [0.25, 0.3) is 0 Å². The van der Waals surface area contributed by atoms with Gasteiger partial charge >= 0.3 is 0 Å². The minimum atomic E-state index is 0.645. The van der Waals surface area contributed by atoms with Crippen molar-refractivity contribution in [3.8, 4) is 0 Å². The second kappa shape index (κ2) is 7.62. The minimum absolute atomic E-state index is 0.645. The number of aromatic nitrogens is 2. The van der Waals surface area contributed by atoms with Gasteiger partial charge in [0.2, 0.25) is 5.95 Å². The van der Waals surface area contributed by atoms with Crippen LogP contribution >= 0.6 is 0 Å². The number of nitrogens with zero attached hydrogens (tertiary/aromatic N) is 3. The van der Waals surface area contributed by atoms with E-state index in [1.54, 1.807) is 0 Å². The summed E-state index contributed by atoms with van der Waals surface area (Å²) in [7, 11) is 0. The fourth-order valence-corrected chi connectivity index (χ4v) is 3.06. The summed E-state index contributed by atoms with van der Waals surface area (Å²) < 4.78 is 0. The Morgan fingerprint density at radius 3 is 2.67 bits per heavy atom. The molecule has 1 fully saturated rings. The Bertz CT molecular complexity index is 438. The average molecular weight is 290 g/mol. The van der Waals surface area contributed by atoms with E-state index < -0.39 is 0 Å². The van der Waals surface area contributed by atoms with Gasteiger partial charge in [-0.2, -0.15) is 4.98 Å². The van der Waals surface area contributed by atoms with Gasteiger partial charge in [0.05, 0.1) is 0 Å². The van der Waals surface area contributed by atoms with E-state index in [2.05, 4.69) is 42.9 Å². The van der Waals surface area contributed by atoms with Gasteiger partial charge in [0, 0.05) is 30.9 Å². The highest BCUT2D eigenvalue weighted by Gasteiger charge is 2.25. The summed E-state index contributed by atoms with van der Waals surface area (Å²) in [5.41, 5.74) is 1.18. The molecule has 1 aromatic rings. The lowest BCUT2D eigenvalue weighted by atomic mass is 10.1. The van der Waals surface area contributed by atoms with E-state index in [0.29, 0.717) is 12.0 Å². The van der Waals surface area contributed by atoms with Crippen LogP contribution in [0.4, 0.5) is 11.8 Å². The number of anilines is 2. The van der Waals surface area contributed by atoms with Crippen molar-refractivity contribution in [2.45, 2.75) is 65.8 Å². The van der Waals surface area contributed by atoms with E-state index in [9.17, 15) is 0 Å². The Morgan fingerprint density at radius 2 is 2.05 bits per heavy atom. The predicted molar refractivity (Wildman–Crippen MR) is 90.0 cm³/mol. The number of rotatable bonds is 7. The second-order valence-corrected chi connectivity index (χ2v) is 6.61. The van der Waals surface area contributed by atoms with Crippen LogP contribution in [0.1, 0.15) is 58.4 Å². The van der Waals surface area contributed by atoms with Crippen molar-refractivity contribution < 1.29 is 0 Å². The molecule has 1 heterocycles. The zero-order valence-corrected chi connectivity index (χ0v) is 14.0. The first kappa shape index (κ1) is 16.1. The van der Waals surface area contributed by atoms with Crippen LogP contribution in [0.3, 0.4) is 0 Å². The monoisotopic (exact) mass is 290 g/mol. The number of hydrogen-bond acceptors (Lipinski definition) is 4. The van der Waals surface area contributed by atoms with E-state index in [-0.39, 0.29) is 0 Å². The van der Waals surface area contributed by atoms with Gasteiger partial charge in [-0.3, -0.25) is 0 Å². The first-order chi connectivity index (χ1) is 10.1. The van der Waals surface area contributed by atoms with Gasteiger partial charge < -0.3 is 10.2 Å². The highest BCUT2D eigenvalue weighted by Crippen LogP contribution is 2.30. The van der Waals surface area contributed by atoms with Gasteiger partial charge in [-0.15, -0.1) is 0 Å². The van der Waals surface area contributed by atoms with Crippen LogP contribution in [0.2, 0.25) is 0 Å². The van der Waals surface area contributed by atoms with Crippen LogP contribution in [0, 0.1) is 12.8 Å². The number of nitrogens with one attached hydrogen (secondary N) is 1. The maximum Gasteiger partial charge on any atom is 0.224 e. The molecule has 1 saturated carbocycles. The molecule has 4 heteroatoms. The molecule has 1 N–H and O–H groups in total. The van der Waals surface area contributed by atoms with Gasteiger partial charge in [0.15, 0.2) is 0 Å². The third kappa shape index (κ3) is 4.32. The van der Waals surface area contributed by atoms with Crippen LogP contribution in [-0.2, 0) is 0 Å². The Hall–Kier alpha value is -1.32. The molecule has 1 aliphatic carbocycles. The van der Waals surface area contributed by atoms with E-state index in [4.69, 9.17) is 4.98 Å². The van der Waals surface area contributed by atoms with Gasteiger partial charge in [-0.25, -0.2) is 4.98 Å². The summed E-state index contributed by atoms with van der Waals surface area (Å²) in [6.45, 7) is 10.9. The Morgan fingerprint density at radius 1 is 1.33 bits per heavy atom.